The molecule has 0 unspecified atom stereocenters. The van der Waals surface area contributed by atoms with E-state index in [4.69, 9.17) is 0 Å². The molecule has 2 aromatic rings. The fourth-order valence-corrected chi connectivity index (χ4v) is 6.41. The molecule has 0 saturated carbocycles. The normalized spacial score (nSPS) is 15.5. The largest absolute Gasteiger partial charge is 0.326 e. The van der Waals surface area contributed by atoms with Crippen LogP contribution in [-0.2, 0) is 16.4 Å². The van der Waals surface area contributed by atoms with Crippen molar-refractivity contribution in [1.29, 1.82) is 0 Å². The molecular weight excluding hydrogens is 479 g/mol. The Morgan fingerprint density at radius 1 is 1.13 bits per heavy atom. The van der Waals surface area contributed by atoms with Crippen molar-refractivity contribution >= 4 is 46.2 Å². The number of aromatic nitrogens is 1. The van der Waals surface area contributed by atoms with E-state index in [9.17, 15) is 13.2 Å². The summed E-state index contributed by atoms with van der Waals surface area (Å²) in [7, 11) is 0.591. The van der Waals surface area contributed by atoms with Gasteiger partial charge in [-0.15, -0.1) is 36.2 Å². The van der Waals surface area contributed by atoms with Gasteiger partial charge in [-0.3, -0.25) is 9.69 Å². The first-order valence-electron chi connectivity index (χ1n) is 9.92. The lowest BCUT2D eigenvalue weighted by atomic mass is 10.1. The van der Waals surface area contributed by atoms with Crippen LogP contribution >= 0.6 is 36.2 Å². The quantitative estimate of drug-likeness (QED) is 0.619. The van der Waals surface area contributed by atoms with E-state index in [2.05, 4.69) is 14.8 Å². The maximum absolute atomic E-state index is 13.1. The van der Waals surface area contributed by atoms with Gasteiger partial charge in [-0.25, -0.2) is 8.42 Å². The summed E-state index contributed by atoms with van der Waals surface area (Å²) in [6.07, 6.45) is 0.636. The average molecular weight is 512 g/mol. The van der Waals surface area contributed by atoms with Gasteiger partial charge in [-0.2, -0.15) is 4.31 Å². The van der Waals surface area contributed by atoms with E-state index in [-0.39, 0.29) is 30.4 Å². The molecule has 1 N–H and O–H groups in total. The van der Waals surface area contributed by atoms with Crippen molar-refractivity contribution in [3.8, 4) is 10.4 Å². The van der Waals surface area contributed by atoms with Gasteiger partial charge < -0.3 is 9.88 Å². The summed E-state index contributed by atoms with van der Waals surface area (Å²) in [5, 5.41) is 0. The van der Waals surface area contributed by atoms with Crippen LogP contribution in [0.5, 0.6) is 0 Å². The summed E-state index contributed by atoms with van der Waals surface area (Å²) < 4.78 is 28.2. The van der Waals surface area contributed by atoms with E-state index in [1.165, 1.54) is 11.3 Å². The number of aryl methyl sites for hydroxylation is 2. The lowest BCUT2D eigenvalue weighted by Gasteiger charge is -2.34. The zero-order valence-corrected chi connectivity index (χ0v) is 21.6. The molecule has 176 valence electrons. The summed E-state index contributed by atoms with van der Waals surface area (Å²) >= 11 is 1.27. The molecule has 3 rings (SSSR count). The number of thiophene rings is 1. The molecule has 7 nitrogen and oxygen atoms in total. The minimum atomic E-state index is -3.50. The maximum atomic E-state index is 13.1. The molecule has 11 heteroatoms. The number of halogens is 2. The van der Waals surface area contributed by atoms with Crippen LogP contribution in [0, 0.1) is 6.92 Å². The van der Waals surface area contributed by atoms with Gasteiger partial charge in [0.15, 0.2) is 0 Å². The molecule has 0 bridgehead atoms. The zero-order valence-electron chi connectivity index (χ0n) is 18.4. The van der Waals surface area contributed by atoms with Crippen molar-refractivity contribution in [3.63, 3.8) is 0 Å². The number of rotatable bonds is 7. The molecule has 1 aliphatic heterocycles. The third-order valence-corrected chi connectivity index (χ3v) is 8.82. The average Bonchev–Trinajstić information content (AvgIpc) is 3.17. The minimum absolute atomic E-state index is 0. The Morgan fingerprint density at radius 2 is 1.77 bits per heavy atom. The highest BCUT2D eigenvalue weighted by atomic mass is 35.5. The first kappa shape index (κ1) is 28.1. The molecule has 2 aromatic heterocycles. The molecule has 0 amide bonds. The summed E-state index contributed by atoms with van der Waals surface area (Å²) in [5.41, 5.74) is 2.27. The first-order chi connectivity index (χ1) is 13.7. The second-order valence-corrected chi connectivity index (χ2v) is 10.9. The van der Waals surface area contributed by atoms with Crippen molar-refractivity contribution < 1.29 is 8.42 Å². The Labute approximate surface area is 201 Å². The number of nitrogens with zero attached hydrogens (tertiary/aromatic N) is 3. The van der Waals surface area contributed by atoms with Crippen molar-refractivity contribution in [3.05, 3.63) is 39.8 Å². The van der Waals surface area contributed by atoms with E-state index in [1.807, 2.05) is 40.1 Å². The molecule has 0 aromatic carbocycles. The second-order valence-electron chi connectivity index (χ2n) is 7.68. The van der Waals surface area contributed by atoms with Gasteiger partial charge in [0.05, 0.1) is 0 Å². The third kappa shape index (κ3) is 6.54. The van der Waals surface area contributed by atoms with Crippen LogP contribution < -0.4 is 5.56 Å². The molecular formula is C20H32Cl2N4O3S2. The molecule has 0 aliphatic carbocycles. The first-order valence-corrected chi connectivity index (χ1v) is 12.2. The van der Waals surface area contributed by atoms with Gasteiger partial charge in [-0.05, 0) is 45.6 Å². The highest BCUT2D eigenvalue weighted by Crippen LogP contribution is 2.33. The van der Waals surface area contributed by atoms with Gasteiger partial charge in [0, 0.05) is 61.0 Å². The molecule has 1 aliphatic rings. The number of likely N-dealkylation sites (N-methyl/N-ethyl adjacent to an activating group) is 1. The lowest BCUT2D eigenvalue weighted by Crippen LogP contribution is -2.49. The van der Waals surface area contributed by atoms with Crippen molar-refractivity contribution in [1.82, 2.24) is 19.1 Å². The topological polar surface area (TPSA) is 76.7 Å². The van der Waals surface area contributed by atoms with Crippen LogP contribution in [-0.4, -0.2) is 80.9 Å². The van der Waals surface area contributed by atoms with E-state index in [1.54, 1.807) is 10.4 Å². The van der Waals surface area contributed by atoms with E-state index in [0.29, 0.717) is 29.3 Å². The van der Waals surface area contributed by atoms with Gasteiger partial charge in [-0.1, -0.05) is 6.92 Å². The zero-order chi connectivity index (χ0) is 21.2. The standard InChI is InChI=1S/C20H30N4O3S2.2ClH/c1-5-16-14-17(15(2)21-20(16)25)18-6-7-19(28-18)29(26,27)24-12-10-23(11-13-24)9-8-22(3)4;;/h6-7,14H,5,8-13H2,1-4H3,(H,21,25);2*1H. The Balaban J connectivity index is 0.00000240. The van der Waals surface area contributed by atoms with Crippen LogP contribution in [0.25, 0.3) is 10.4 Å². The summed E-state index contributed by atoms with van der Waals surface area (Å²) in [6, 6.07) is 5.40. The SMILES string of the molecule is CCc1cc(-c2ccc(S(=O)(=O)N3CCN(CCN(C)C)CC3)s2)c(C)[nH]c1=O.Cl.Cl. The third-order valence-electron chi connectivity index (χ3n) is 5.33. The van der Waals surface area contributed by atoms with Gasteiger partial charge in [0.1, 0.15) is 4.21 Å². The van der Waals surface area contributed by atoms with Crippen molar-refractivity contribution in [2.45, 2.75) is 24.5 Å². The Hall–Kier alpha value is -0.940. The van der Waals surface area contributed by atoms with Gasteiger partial charge >= 0.3 is 0 Å². The molecule has 0 atom stereocenters. The minimum Gasteiger partial charge on any atom is -0.326 e. The van der Waals surface area contributed by atoms with Crippen LogP contribution in [0.2, 0.25) is 0 Å². The van der Waals surface area contributed by atoms with E-state index in [0.717, 1.165) is 42.3 Å². The Morgan fingerprint density at radius 3 is 2.35 bits per heavy atom. The molecule has 1 fully saturated rings. The second kappa shape index (κ2) is 11.8. The summed E-state index contributed by atoms with van der Waals surface area (Å²) in [4.78, 5) is 20.2. The molecule has 1 saturated heterocycles. The molecule has 3 heterocycles. The fraction of sp³-hybridized carbons (Fsp3) is 0.550. The highest BCUT2D eigenvalue weighted by molar-refractivity contribution is 7.91. The molecule has 0 spiro atoms. The number of hydrogen-bond acceptors (Lipinski definition) is 6. The van der Waals surface area contributed by atoms with Crippen molar-refractivity contribution in [2.75, 3.05) is 53.4 Å². The number of pyridine rings is 1. The van der Waals surface area contributed by atoms with Crippen molar-refractivity contribution in [2.24, 2.45) is 0 Å². The number of sulfonamides is 1. The summed E-state index contributed by atoms with van der Waals surface area (Å²) in [6.45, 7) is 8.24. The molecule has 31 heavy (non-hydrogen) atoms. The van der Waals surface area contributed by atoms with Gasteiger partial charge in [0.2, 0.25) is 0 Å². The van der Waals surface area contributed by atoms with Crippen LogP contribution in [0.15, 0.2) is 27.2 Å². The van der Waals surface area contributed by atoms with Crippen LogP contribution in [0.3, 0.4) is 0 Å². The predicted octanol–water partition coefficient (Wildman–Crippen LogP) is 2.69. The van der Waals surface area contributed by atoms with Crippen LogP contribution in [0.4, 0.5) is 0 Å². The smallest absolute Gasteiger partial charge is 0.252 e. The fourth-order valence-electron chi connectivity index (χ4n) is 3.45. The lowest BCUT2D eigenvalue weighted by molar-refractivity contribution is 0.175. The summed E-state index contributed by atoms with van der Waals surface area (Å²) in [5.74, 6) is 0. The number of H-pyrrole nitrogens is 1. The molecule has 0 radical (unpaired) electrons. The highest BCUT2D eigenvalue weighted by Gasteiger charge is 2.30. The maximum Gasteiger partial charge on any atom is 0.252 e. The van der Waals surface area contributed by atoms with E-state index >= 15 is 0 Å². The van der Waals surface area contributed by atoms with E-state index < -0.39 is 10.0 Å². The predicted molar refractivity (Wildman–Crippen MR) is 133 cm³/mol. The number of hydrogen-bond donors (Lipinski definition) is 1. The Kier molecular flexibility index (Phi) is 10.7. The number of aromatic amines is 1. The van der Waals surface area contributed by atoms with Crippen LogP contribution in [0.1, 0.15) is 18.2 Å². The number of piperazine rings is 1. The Bertz CT molecular complexity index is 1010. The van der Waals surface area contributed by atoms with Gasteiger partial charge in [0.25, 0.3) is 15.6 Å². The number of nitrogens with one attached hydrogen (secondary N) is 1. The monoisotopic (exact) mass is 510 g/mol.